The lowest BCUT2D eigenvalue weighted by atomic mass is 10.2. The van der Waals surface area contributed by atoms with Gasteiger partial charge in [0.1, 0.15) is 0 Å². The van der Waals surface area contributed by atoms with Gasteiger partial charge in [-0.3, -0.25) is 9.69 Å². The van der Waals surface area contributed by atoms with Gasteiger partial charge in [0.2, 0.25) is 5.91 Å². The lowest BCUT2D eigenvalue weighted by Gasteiger charge is -2.24. The van der Waals surface area contributed by atoms with Gasteiger partial charge >= 0.3 is 0 Å². The average Bonchev–Trinajstić information content (AvgIpc) is 2.89. The van der Waals surface area contributed by atoms with Crippen molar-refractivity contribution in [1.82, 2.24) is 4.90 Å². The number of hydrogen-bond donors (Lipinski definition) is 2. The van der Waals surface area contributed by atoms with Crippen LogP contribution in [0.1, 0.15) is 18.4 Å². The molecule has 21 heavy (non-hydrogen) atoms. The normalized spacial score (nSPS) is 20.6. The Morgan fingerprint density at radius 2 is 2.19 bits per heavy atom. The largest absolute Gasteiger partial charge is 0.389 e. The number of nitrogens with zero attached hydrogens (tertiary/aromatic N) is 1. The second-order valence-electron chi connectivity index (χ2n) is 5.35. The molecule has 1 saturated heterocycles. The van der Waals surface area contributed by atoms with E-state index in [-0.39, 0.29) is 18.6 Å². The minimum absolute atomic E-state index is 0.227. The molecule has 0 aliphatic carbocycles. The van der Waals surface area contributed by atoms with Crippen LogP contribution in [0.15, 0.2) is 24.3 Å². The molecule has 116 valence electrons. The Bertz CT molecular complexity index is 466. The van der Waals surface area contributed by atoms with Crippen LogP contribution in [0.5, 0.6) is 0 Å². The van der Waals surface area contributed by atoms with E-state index in [2.05, 4.69) is 0 Å². The zero-order chi connectivity index (χ0) is 15.2. The quantitative estimate of drug-likeness (QED) is 0.792. The first-order chi connectivity index (χ1) is 10.1. The predicted molar refractivity (Wildman–Crippen MR) is 80.9 cm³/mol. The molecule has 2 atom stereocenters. The van der Waals surface area contributed by atoms with E-state index in [4.69, 9.17) is 22.1 Å². The highest BCUT2D eigenvalue weighted by Gasteiger charge is 2.30. The van der Waals surface area contributed by atoms with Crippen LogP contribution in [0.3, 0.4) is 0 Å². The summed E-state index contributed by atoms with van der Waals surface area (Å²) in [5, 5.41) is 10.7. The van der Waals surface area contributed by atoms with Gasteiger partial charge in [0.25, 0.3) is 0 Å². The van der Waals surface area contributed by atoms with Crippen molar-refractivity contribution >= 4 is 17.5 Å². The van der Waals surface area contributed by atoms with Crippen molar-refractivity contribution in [2.45, 2.75) is 31.6 Å². The lowest BCUT2D eigenvalue weighted by molar-refractivity contribution is -0.122. The number of hydrogen-bond acceptors (Lipinski definition) is 4. The van der Waals surface area contributed by atoms with E-state index >= 15 is 0 Å². The smallest absolute Gasteiger partial charge is 0.234 e. The summed E-state index contributed by atoms with van der Waals surface area (Å²) >= 11 is 5.81. The molecule has 1 aromatic carbocycles. The minimum Gasteiger partial charge on any atom is -0.389 e. The summed E-state index contributed by atoms with van der Waals surface area (Å²) < 4.78 is 5.49. The maximum absolute atomic E-state index is 11.3. The zero-order valence-corrected chi connectivity index (χ0v) is 12.6. The van der Waals surface area contributed by atoms with E-state index in [0.717, 1.165) is 24.9 Å². The third-order valence-electron chi connectivity index (χ3n) is 3.63. The van der Waals surface area contributed by atoms with Crippen molar-refractivity contribution in [3.63, 3.8) is 0 Å². The zero-order valence-electron chi connectivity index (χ0n) is 11.9. The van der Waals surface area contributed by atoms with Crippen LogP contribution in [0, 0.1) is 0 Å². The Hall–Kier alpha value is -1.14. The molecule has 1 heterocycles. The molecule has 5 nitrogen and oxygen atoms in total. The molecule has 1 amide bonds. The number of ether oxygens (including phenoxy) is 1. The molecule has 1 fully saturated rings. The number of aliphatic hydroxyl groups excluding tert-OH is 1. The molecule has 0 saturated carbocycles. The lowest BCUT2D eigenvalue weighted by Crippen LogP contribution is -2.44. The Kier molecular flexibility index (Phi) is 5.99. The second-order valence-corrected chi connectivity index (χ2v) is 5.79. The topological polar surface area (TPSA) is 75.8 Å². The molecule has 1 aliphatic heterocycles. The van der Waals surface area contributed by atoms with Crippen molar-refractivity contribution in [2.24, 2.45) is 5.73 Å². The number of β-amino-alcohol motifs (C(OH)–C–C–N with tert-alkyl or cyclic N) is 1. The number of amides is 1. The summed E-state index contributed by atoms with van der Waals surface area (Å²) in [5.41, 5.74) is 6.35. The molecule has 3 N–H and O–H groups in total. The van der Waals surface area contributed by atoms with E-state index in [1.807, 2.05) is 17.0 Å². The number of rotatable bonds is 7. The van der Waals surface area contributed by atoms with Gasteiger partial charge in [-0.2, -0.15) is 0 Å². The summed E-state index contributed by atoms with van der Waals surface area (Å²) in [4.78, 5) is 13.2. The number of primary amides is 1. The summed E-state index contributed by atoms with van der Waals surface area (Å²) in [7, 11) is 0. The molecule has 0 radical (unpaired) electrons. The van der Waals surface area contributed by atoms with Crippen LogP contribution in [0.2, 0.25) is 5.02 Å². The molecular weight excluding hydrogens is 292 g/mol. The highest BCUT2D eigenvalue weighted by Crippen LogP contribution is 2.17. The van der Waals surface area contributed by atoms with Crippen molar-refractivity contribution in [3.05, 3.63) is 34.9 Å². The summed E-state index contributed by atoms with van der Waals surface area (Å²) in [6.07, 6.45) is 1.08. The third kappa shape index (κ3) is 4.97. The van der Waals surface area contributed by atoms with Crippen molar-refractivity contribution in [2.75, 3.05) is 19.7 Å². The molecule has 2 rings (SSSR count). The summed E-state index contributed by atoms with van der Waals surface area (Å²) in [6, 6.07) is 7.13. The highest BCUT2D eigenvalue weighted by molar-refractivity contribution is 6.30. The van der Waals surface area contributed by atoms with E-state index in [9.17, 15) is 9.90 Å². The second kappa shape index (κ2) is 7.75. The molecule has 2 unspecified atom stereocenters. The van der Waals surface area contributed by atoms with Crippen LogP contribution >= 0.6 is 11.6 Å². The molecule has 6 heteroatoms. The van der Waals surface area contributed by atoms with E-state index in [0.29, 0.717) is 18.2 Å². The van der Waals surface area contributed by atoms with Crippen LogP contribution in [-0.2, 0) is 16.1 Å². The number of carbonyl (C=O) groups is 1. The van der Waals surface area contributed by atoms with Gasteiger partial charge in [0.15, 0.2) is 0 Å². The van der Waals surface area contributed by atoms with E-state index in [1.165, 1.54) is 0 Å². The number of likely N-dealkylation sites (tertiary alicyclic amines) is 1. The maximum atomic E-state index is 11.3. The Labute approximate surface area is 129 Å². The first-order valence-corrected chi connectivity index (χ1v) is 7.47. The molecule has 1 aromatic rings. The van der Waals surface area contributed by atoms with Crippen molar-refractivity contribution in [1.29, 1.82) is 0 Å². The van der Waals surface area contributed by atoms with Gasteiger partial charge in [-0.15, -0.1) is 0 Å². The third-order valence-corrected chi connectivity index (χ3v) is 3.88. The Morgan fingerprint density at radius 3 is 2.86 bits per heavy atom. The number of halogens is 1. The number of carbonyl (C=O) groups excluding carboxylic acids is 1. The summed E-state index contributed by atoms with van der Waals surface area (Å²) in [6.45, 7) is 1.86. The fourth-order valence-corrected chi connectivity index (χ4v) is 2.71. The molecule has 0 aromatic heterocycles. The fraction of sp³-hybridized carbons (Fsp3) is 0.533. The maximum Gasteiger partial charge on any atom is 0.234 e. The Morgan fingerprint density at radius 1 is 1.48 bits per heavy atom. The first kappa shape index (κ1) is 16.2. The first-order valence-electron chi connectivity index (χ1n) is 7.10. The van der Waals surface area contributed by atoms with E-state index < -0.39 is 6.10 Å². The van der Waals surface area contributed by atoms with Crippen molar-refractivity contribution in [3.8, 4) is 0 Å². The van der Waals surface area contributed by atoms with Crippen LogP contribution in [0.25, 0.3) is 0 Å². The van der Waals surface area contributed by atoms with Gasteiger partial charge in [-0.05, 0) is 37.1 Å². The molecule has 0 bridgehead atoms. The SMILES string of the molecule is NC(=O)C1CCCN1CC(O)COCc1ccc(Cl)cc1. The standard InChI is InChI=1S/C15H21ClN2O3/c16-12-5-3-11(4-6-12)9-21-10-13(19)8-18-7-1-2-14(18)15(17)20/h3-6,13-14,19H,1-2,7-10H2,(H2,17,20). The van der Waals surface area contributed by atoms with Gasteiger partial charge in [0.05, 0.1) is 25.4 Å². The van der Waals surface area contributed by atoms with Gasteiger partial charge < -0.3 is 15.6 Å². The average molecular weight is 313 g/mol. The highest BCUT2D eigenvalue weighted by atomic mass is 35.5. The number of aliphatic hydroxyl groups is 1. The van der Waals surface area contributed by atoms with E-state index in [1.54, 1.807) is 12.1 Å². The molecular formula is C15H21ClN2O3. The monoisotopic (exact) mass is 312 g/mol. The van der Waals surface area contributed by atoms with Gasteiger partial charge in [0, 0.05) is 11.6 Å². The van der Waals surface area contributed by atoms with Crippen LogP contribution < -0.4 is 5.73 Å². The summed E-state index contributed by atoms with van der Waals surface area (Å²) in [5.74, 6) is -0.318. The van der Waals surface area contributed by atoms with Gasteiger partial charge in [-0.1, -0.05) is 23.7 Å². The predicted octanol–water partition coefficient (Wildman–Crippen LogP) is 1.17. The van der Waals surface area contributed by atoms with Crippen molar-refractivity contribution < 1.29 is 14.6 Å². The molecule has 1 aliphatic rings. The number of nitrogens with two attached hydrogens (primary N) is 1. The Balaban J connectivity index is 1.71. The fourth-order valence-electron chi connectivity index (χ4n) is 2.58. The van der Waals surface area contributed by atoms with Gasteiger partial charge in [-0.25, -0.2) is 0 Å². The van der Waals surface area contributed by atoms with Crippen LogP contribution in [-0.4, -0.2) is 47.8 Å². The minimum atomic E-state index is -0.628. The number of benzene rings is 1. The van der Waals surface area contributed by atoms with Crippen LogP contribution in [0.4, 0.5) is 0 Å². The molecule has 0 spiro atoms.